The number of rotatable bonds is 8. The van der Waals surface area contributed by atoms with Gasteiger partial charge in [-0.15, -0.1) is 0 Å². The molecule has 1 heterocycles. The first-order chi connectivity index (χ1) is 14.9. The van der Waals surface area contributed by atoms with Crippen LogP contribution >= 0.6 is 11.8 Å². The zero-order chi connectivity index (χ0) is 22.4. The van der Waals surface area contributed by atoms with E-state index in [9.17, 15) is 9.59 Å². The van der Waals surface area contributed by atoms with Crippen LogP contribution in [-0.4, -0.2) is 46.1 Å². The Hall–Kier alpha value is -3.20. The van der Waals surface area contributed by atoms with Gasteiger partial charge in [-0.05, 0) is 49.2 Å². The number of carbonyl (C=O) groups excluding carboxylic acids is 1. The molecule has 2 aromatic carbocycles. The highest BCUT2D eigenvalue weighted by atomic mass is 32.2. The number of benzene rings is 2. The second-order valence-corrected chi connectivity index (χ2v) is 7.90. The highest BCUT2D eigenvalue weighted by Crippen LogP contribution is 2.34. The van der Waals surface area contributed by atoms with E-state index in [-0.39, 0.29) is 17.0 Å². The summed E-state index contributed by atoms with van der Waals surface area (Å²) in [4.78, 5) is 23.4. The number of nitrogens with zero attached hydrogens (tertiary/aromatic N) is 2. The second kappa shape index (κ2) is 10.2. The molecule has 0 saturated carbocycles. The average molecular weight is 444 g/mol. The molecule has 8 nitrogen and oxygen atoms in total. The van der Waals surface area contributed by atoms with Crippen molar-refractivity contribution in [2.24, 2.45) is 5.10 Å². The van der Waals surface area contributed by atoms with Gasteiger partial charge in [-0.25, -0.2) is 9.80 Å². The number of ether oxygens (including phenoxy) is 2. The summed E-state index contributed by atoms with van der Waals surface area (Å²) in [6.45, 7) is 4.73. The monoisotopic (exact) mass is 443 g/mol. The Morgan fingerprint density at radius 2 is 1.94 bits per heavy atom. The van der Waals surface area contributed by atoms with Gasteiger partial charge in [-0.2, -0.15) is 5.10 Å². The number of hydrogen-bond donors (Lipinski definition) is 2. The predicted molar refractivity (Wildman–Crippen MR) is 121 cm³/mol. The van der Waals surface area contributed by atoms with Gasteiger partial charge in [0.25, 0.3) is 0 Å². The van der Waals surface area contributed by atoms with Gasteiger partial charge in [-0.1, -0.05) is 30.8 Å². The molecule has 164 valence electrons. The van der Waals surface area contributed by atoms with Crippen molar-refractivity contribution in [1.29, 1.82) is 0 Å². The molecule has 3 rings (SSSR count). The van der Waals surface area contributed by atoms with Crippen LogP contribution in [0.4, 0.5) is 15.3 Å². The van der Waals surface area contributed by atoms with Gasteiger partial charge in [0, 0.05) is 11.3 Å². The van der Waals surface area contributed by atoms with Gasteiger partial charge in [-0.3, -0.25) is 10.1 Å². The van der Waals surface area contributed by atoms with E-state index in [2.05, 4.69) is 10.4 Å². The lowest BCUT2D eigenvalue weighted by Gasteiger charge is -2.28. The molecule has 0 fully saturated rings. The van der Waals surface area contributed by atoms with E-state index < -0.39 is 6.09 Å². The number of nitrogens with one attached hydrogen (secondary N) is 1. The van der Waals surface area contributed by atoms with Gasteiger partial charge in [0.15, 0.2) is 11.5 Å². The van der Waals surface area contributed by atoms with Gasteiger partial charge < -0.3 is 14.6 Å². The molecule has 0 aliphatic carbocycles. The van der Waals surface area contributed by atoms with Crippen LogP contribution in [0, 0.1) is 0 Å². The van der Waals surface area contributed by atoms with Crippen molar-refractivity contribution in [3.8, 4) is 11.5 Å². The van der Waals surface area contributed by atoms with Gasteiger partial charge in [0.1, 0.15) is 0 Å². The second-order valence-electron chi connectivity index (χ2n) is 6.75. The number of amides is 2. The summed E-state index contributed by atoms with van der Waals surface area (Å²) in [6, 6.07) is 12.5. The lowest BCUT2D eigenvalue weighted by molar-refractivity contribution is 0.209. The van der Waals surface area contributed by atoms with Crippen LogP contribution in [0.5, 0.6) is 11.5 Å². The maximum absolute atomic E-state index is 12.7. The molecule has 0 aromatic heterocycles. The third-order valence-corrected chi connectivity index (χ3v) is 5.91. The summed E-state index contributed by atoms with van der Waals surface area (Å²) >= 11 is 1.25. The fraction of sp³-hybridized carbons (Fsp3) is 0.318. The maximum atomic E-state index is 12.7. The molecule has 31 heavy (non-hydrogen) atoms. The van der Waals surface area contributed by atoms with Crippen molar-refractivity contribution in [2.45, 2.75) is 32.1 Å². The van der Waals surface area contributed by atoms with Crippen molar-refractivity contribution in [3.05, 3.63) is 53.6 Å². The Labute approximate surface area is 185 Å². The molecule has 0 spiro atoms. The smallest absolute Gasteiger partial charge is 0.409 e. The molecule has 1 aliphatic rings. The number of hydrazone groups is 1. The molecule has 0 saturated heterocycles. The molecule has 2 aromatic rings. The minimum absolute atomic E-state index is 0.0613. The Balaban J connectivity index is 1.88. The minimum Gasteiger partial charge on any atom is -0.493 e. The summed E-state index contributed by atoms with van der Waals surface area (Å²) in [7, 11) is 1.60. The Morgan fingerprint density at radius 1 is 1.19 bits per heavy atom. The normalized spacial score (nSPS) is 16.0. The number of carboxylic acid groups (broad SMARTS) is 1. The standard InChI is InChI=1S/C22H25N3O5S/c1-4-19-20(15-8-11-17(29-3)18(12-15)30-5-2)24-25(22(28)31-19)13-14-6-9-16(10-7-14)23-21(26)27/h6-12,19,23H,4-5,13H2,1-3H3,(H,26,27). The first kappa shape index (κ1) is 22.5. The predicted octanol–water partition coefficient (Wildman–Crippen LogP) is 5.04. The van der Waals surface area contributed by atoms with Crippen LogP contribution in [0.1, 0.15) is 31.4 Å². The van der Waals surface area contributed by atoms with E-state index in [1.54, 1.807) is 31.4 Å². The third kappa shape index (κ3) is 5.49. The maximum Gasteiger partial charge on any atom is 0.409 e. The summed E-state index contributed by atoms with van der Waals surface area (Å²) < 4.78 is 11.1. The molecule has 0 bridgehead atoms. The summed E-state index contributed by atoms with van der Waals surface area (Å²) in [6.07, 6.45) is -0.365. The SMILES string of the molecule is CCOc1cc(C2=NN(Cc3ccc(NC(=O)O)cc3)C(=O)SC2CC)ccc1OC. The highest BCUT2D eigenvalue weighted by molar-refractivity contribution is 8.14. The molecule has 1 atom stereocenters. The highest BCUT2D eigenvalue weighted by Gasteiger charge is 2.30. The molecular formula is C22H25N3O5S. The fourth-order valence-corrected chi connectivity index (χ4v) is 4.12. The molecule has 1 aliphatic heterocycles. The summed E-state index contributed by atoms with van der Waals surface area (Å²) in [5.74, 6) is 1.28. The number of carbonyl (C=O) groups is 2. The molecule has 2 amide bonds. The summed E-state index contributed by atoms with van der Waals surface area (Å²) in [5.41, 5.74) is 2.99. The molecule has 1 unspecified atom stereocenters. The number of methoxy groups -OCH3 is 1. The first-order valence-electron chi connectivity index (χ1n) is 9.91. The zero-order valence-electron chi connectivity index (χ0n) is 17.6. The van der Waals surface area contributed by atoms with Crippen molar-refractivity contribution < 1.29 is 24.2 Å². The third-order valence-electron chi connectivity index (χ3n) is 4.65. The van der Waals surface area contributed by atoms with E-state index in [0.29, 0.717) is 23.8 Å². The number of hydrogen-bond acceptors (Lipinski definition) is 6. The lowest BCUT2D eigenvalue weighted by atomic mass is 10.0. The first-order valence-corrected chi connectivity index (χ1v) is 10.8. The zero-order valence-corrected chi connectivity index (χ0v) is 18.4. The van der Waals surface area contributed by atoms with Crippen molar-refractivity contribution >= 4 is 34.5 Å². The fourth-order valence-electron chi connectivity index (χ4n) is 3.19. The Bertz CT molecular complexity index is 978. The van der Waals surface area contributed by atoms with E-state index >= 15 is 0 Å². The molecule has 9 heteroatoms. The Kier molecular flexibility index (Phi) is 7.41. The summed E-state index contributed by atoms with van der Waals surface area (Å²) in [5, 5.41) is 17.0. The molecule has 0 radical (unpaired) electrons. The van der Waals surface area contributed by atoms with Crippen molar-refractivity contribution in [3.63, 3.8) is 0 Å². The van der Waals surface area contributed by atoms with Crippen LogP contribution in [0.2, 0.25) is 0 Å². The topological polar surface area (TPSA) is 100 Å². The van der Waals surface area contributed by atoms with E-state index in [1.165, 1.54) is 16.8 Å². The van der Waals surface area contributed by atoms with Crippen LogP contribution < -0.4 is 14.8 Å². The number of anilines is 1. The molecule has 2 N–H and O–H groups in total. The lowest BCUT2D eigenvalue weighted by Crippen LogP contribution is -2.34. The van der Waals surface area contributed by atoms with Crippen LogP contribution in [0.25, 0.3) is 0 Å². The Morgan fingerprint density at radius 3 is 2.55 bits per heavy atom. The van der Waals surface area contributed by atoms with E-state index in [0.717, 1.165) is 23.3 Å². The minimum atomic E-state index is -1.12. The molecular weight excluding hydrogens is 418 g/mol. The van der Waals surface area contributed by atoms with Crippen LogP contribution in [0.3, 0.4) is 0 Å². The van der Waals surface area contributed by atoms with E-state index in [1.807, 2.05) is 32.0 Å². The van der Waals surface area contributed by atoms with Gasteiger partial charge in [0.2, 0.25) is 0 Å². The van der Waals surface area contributed by atoms with E-state index in [4.69, 9.17) is 14.6 Å². The van der Waals surface area contributed by atoms with Crippen molar-refractivity contribution in [1.82, 2.24) is 5.01 Å². The van der Waals surface area contributed by atoms with Crippen LogP contribution in [0.15, 0.2) is 47.6 Å². The van der Waals surface area contributed by atoms with Gasteiger partial charge >= 0.3 is 11.3 Å². The largest absolute Gasteiger partial charge is 0.493 e. The van der Waals surface area contributed by atoms with Gasteiger partial charge in [0.05, 0.1) is 31.2 Å². The van der Waals surface area contributed by atoms with Crippen LogP contribution in [-0.2, 0) is 6.54 Å². The average Bonchev–Trinajstić information content (AvgIpc) is 2.76. The van der Waals surface area contributed by atoms with Crippen molar-refractivity contribution in [2.75, 3.05) is 19.0 Å². The number of thioether (sulfide) groups is 1. The quantitative estimate of drug-likeness (QED) is 0.593.